The zero-order chi connectivity index (χ0) is 9.84. The van der Waals surface area contributed by atoms with Gasteiger partial charge in [-0.2, -0.15) is 0 Å². The first kappa shape index (κ1) is 10.3. The number of amides is 1. The van der Waals surface area contributed by atoms with Gasteiger partial charge in [-0.25, -0.2) is 0 Å². The molecule has 0 aromatic heterocycles. The Kier molecular flexibility index (Phi) is 3.48. The lowest BCUT2D eigenvalue weighted by Gasteiger charge is -2.29. The first-order valence-electron chi connectivity index (χ1n) is 4.78. The number of carbonyl (C=O) groups is 1. The van der Waals surface area contributed by atoms with E-state index in [1.165, 1.54) is 5.57 Å². The highest BCUT2D eigenvalue weighted by atomic mass is 16.3. The summed E-state index contributed by atoms with van der Waals surface area (Å²) in [5, 5.41) is 9.33. The highest BCUT2D eigenvalue weighted by Gasteiger charge is 2.22. The molecule has 1 rings (SSSR count). The van der Waals surface area contributed by atoms with Crippen molar-refractivity contribution in [2.75, 3.05) is 13.1 Å². The topological polar surface area (TPSA) is 40.5 Å². The Morgan fingerprint density at radius 1 is 1.62 bits per heavy atom. The minimum atomic E-state index is -0.814. The quantitative estimate of drug-likeness (QED) is 0.647. The Bertz CT molecular complexity index is 203. The summed E-state index contributed by atoms with van der Waals surface area (Å²) in [5.41, 5.74) is 1.20. The Morgan fingerprint density at radius 2 is 2.15 bits per heavy atom. The van der Waals surface area contributed by atoms with Gasteiger partial charge < -0.3 is 10.0 Å². The maximum absolute atomic E-state index is 11.5. The van der Waals surface area contributed by atoms with Crippen molar-refractivity contribution in [1.82, 2.24) is 4.90 Å². The van der Waals surface area contributed by atoms with Crippen LogP contribution in [-0.2, 0) is 4.79 Å². The standard InChI is InChI=1S/C10H17NO2/c1-3-9(12)10(13)11-6-4-8(2)5-7-11/h9,12H,2-7H2,1H3. The fraction of sp³-hybridized carbons (Fsp3) is 0.700. The van der Waals surface area contributed by atoms with Gasteiger partial charge in [-0.3, -0.25) is 4.79 Å². The van der Waals surface area contributed by atoms with Crippen LogP contribution in [0.25, 0.3) is 0 Å². The summed E-state index contributed by atoms with van der Waals surface area (Å²) in [5.74, 6) is -0.130. The van der Waals surface area contributed by atoms with Gasteiger partial charge in [0.2, 0.25) is 0 Å². The van der Waals surface area contributed by atoms with Gasteiger partial charge >= 0.3 is 0 Å². The van der Waals surface area contributed by atoms with Crippen LogP contribution in [-0.4, -0.2) is 35.1 Å². The number of hydrogen-bond donors (Lipinski definition) is 1. The summed E-state index contributed by atoms with van der Waals surface area (Å²) >= 11 is 0. The predicted octanol–water partition coefficient (Wildman–Crippen LogP) is 0.936. The van der Waals surface area contributed by atoms with E-state index in [-0.39, 0.29) is 5.91 Å². The Balaban J connectivity index is 2.44. The van der Waals surface area contributed by atoms with Crippen LogP contribution in [0.2, 0.25) is 0 Å². The van der Waals surface area contributed by atoms with Crippen molar-refractivity contribution in [3.05, 3.63) is 12.2 Å². The number of nitrogens with zero attached hydrogens (tertiary/aromatic N) is 1. The van der Waals surface area contributed by atoms with E-state index in [1.807, 2.05) is 6.92 Å². The summed E-state index contributed by atoms with van der Waals surface area (Å²) in [6, 6.07) is 0. The van der Waals surface area contributed by atoms with Crippen molar-refractivity contribution >= 4 is 5.91 Å². The van der Waals surface area contributed by atoms with Gasteiger partial charge in [0, 0.05) is 13.1 Å². The lowest BCUT2D eigenvalue weighted by Crippen LogP contribution is -2.42. The lowest BCUT2D eigenvalue weighted by molar-refractivity contribution is -0.140. The van der Waals surface area contributed by atoms with Crippen molar-refractivity contribution in [3.8, 4) is 0 Å². The second-order valence-corrected chi connectivity index (χ2v) is 3.50. The molecule has 1 aliphatic rings. The third-order valence-electron chi connectivity index (χ3n) is 2.45. The summed E-state index contributed by atoms with van der Waals surface area (Å²) in [6.45, 7) is 7.12. The molecule has 0 bridgehead atoms. The van der Waals surface area contributed by atoms with E-state index in [0.29, 0.717) is 19.5 Å². The summed E-state index contributed by atoms with van der Waals surface area (Å²) in [7, 11) is 0. The van der Waals surface area contributed by atoms with E-state index < -0.39 is 6.10 Å². The van der Waals surface area contributed by atoms with Gasteiger partial charge in [0.25, 0.3) is 5.91 Å². The molecule has 0 aromatic rings. The maximum Gasteiger partial charge on any atom is 0.251 e. The number of piperidine rings is 1. The number of carbonyl (C=O) groups excluding carboxylic acids is 1. The molecule has 1 atom stereocenters. The number of aliphatic hydroxyl groups excluding tert-OH is 1. The van der Waals surface area contributed by atoms with Crippen molar-refractivity contribution in [2.45, 2.75) is 32.3 Å². The maximum atomic E-state index is 11.5. The molecule has 3 nitrogen and oxygen atoms in total. The average molecular weight is 183 g/mol. The second kappa shape index (κ2) is 4.42. The van der Waals surface area contributed by atoms with Crippen molar-refractivity contribution < 1.29 is 9.90 Å². The van der Waals surface area contributed by atoms with Crippen LogP contribution in [0.1, 0.15) is 26.2 Å². The molecule has 1 heterocycles. The molecule has 1 unspecified atom stereocenters. The number of hydrogen-bond acceptors (Lipinski definition) is 2. The smallest absolute Gasteiger partial charge is 0.251 e. The molecule has 1 amide bonds. The molecular formula is C10H17NO2. The minimum Gasteiger partial charge on any atom is -0.383 e. The van der Waals surface area contributed by atoms with Gasteiger partial charge in [0.15, 0.2) is 0 Å². The molecule has 1 aliphatic heterocycles. The molecule has 74 valence electrons. The van der Waals surface area contributed by atoms with Crippen LogP contribution in [0.15, 0.2) is 12.2 Å². The Hall–Kier alpha value is -0.830. The first-order valence-corrected chi connectivity index (χ1v) is 4.78. The van der Waals surface area contributed by atoms with E-state index >= 15 is 0 Å². The molecule has 0 saturated carbocycles. The van der Waals surface area contributed by atoms with Gasteiger partial charge in [-0.1, -0.05) is 19.1 Å². The van der Waals surface area contributed by atoms with Gasteiger partial charge in [0.05, 0.1) is 0 Å². The van der Waals surface area contributed by atoms with E-state index in [9.17, 15) is 9.90 Å². The summed E-state index contributed by atoms with van der Waals surface area (Å²) in [4.78, 5) is 13.2. The monoisotopic (exact) mass is 183 g/mol. The highest BCUT2D eigenvalue weighted by molar-refractivity contribution is 5.80. The first-order chi connectivity index (χ1) is 6.15. The van der Waals surface area contributed by atoms with Crippen LogP contribution in [0.4, 0.5) is 0 Å². The van der Waals surface area contributed by atoms with E-state index in [4.69, 9.17) is 0 Å². The van der Waals surface area contributed by atoms with Crippen molar-refractivity contribution in [3.63, 3.8) is 0 Å². The molecule has 3 heteroatoms. The fourth-order valence-electron chi connectivity index (χ4n) is 1.43. The third kappa shape index (κ3) is 2.56. The number of likely N-dealkylation sites (tertiary alicyclic amines) is 1. The molecule has 0 aliphatic carbocycles. The normalized spacial score (nSPS) is 20.2. The van der Waals surface area contributed by atoms with Gasteiger partial charge in [-0.05, 0) is 19.3 Å². The van der Waals surface area contributed by atoms with Crippen LogP contribution in [0.3, 0.4) is 0 Å². The molecule has 13 heavy (non-hydrogen) atoms. The van der Waals surface area contributed by atoms with E-state index in [2.05, 4.69) is 6.58 Å². The average Bonchev–Trinajstić information content (AvgIpc) is 2.17. The van der Waals surface area contributed by atoms with Crippen LogP contribution in [0, 0.1) is 0 Å². The Morgan fingerprint density at radius 3 is 2.62 bits per heavy atom. The Labute approximate surface area is 79.0 Å². The van der Waals surface area contributed by atoms with Crippen LogP contribution in [0.5, 0.6) is 0 Å². The molecule has 0 aromatic carbocycles. The largest absolute Gasteiger partial charge is 0.383 e. The second-order valence-electron chi connectivity index (χ2n) is 3.50. The molecule has 0 spiro atoms. The fourth-order valence-corrected chi connectivity index (χ4v) is 1.43. The SMILES string of the molecule is C=C1CCN(C(=O)C(O)CC)CC1. The van der Waals surface area contributed by atoms with Gasteiger partial charge in [-0.15, -0.1) is 0 Å². The lowest BCUT2D eigenvalue weighted by atomic mass is 10.1. The zero-order valence-corrected chi connectivity index (χ0v) is 8.12. The third-order valence-corrected chi connectivity index (χ3v) is 2.45. The van der Waals surface area contributed by atoms with E-state index in [1.54, 1.807) is 4.90 Å². The van der Waals surface area contributed by atoms with Gasteiger partial charge in [0.1, 0.15) is 6.10 Å². The van der Waals surface area contributed by atoms with Crippen molar-refractivity contribution in [1.29, 1.82) is 0 Å². The van der Waals surface area contributed by atoms with Crippen LogP contribution >= 0.6 is 0 Å². The molecule has 0 radical (unpaired) electrons. The summed E-state index contributed by atoms with van der Waals surface area (Å²) < 4.78 is 0. The zero-order valence-electron chi connectivity index (χ0n) is 8.12. The molecular weight excluding hydrogens is 166 g/mol. The number of rotatable bonds is 2. The van der Waals surface area contributed by atoms with E-state index in [0.717, 1.165) is 12.8 Å². The molecule has 1 fully saturated rings. The number of aliphatic hydroxyl groups is 1. The highest BCUT2D eigenvalue weighted by Crippen LogP contribution is 2.14. The minimum absolute atomic E-state index is 0.130. The molecule has 1 saturated heterocycles. The van der Waals surface area contributed by atoms with Crippen LogP contribution < -0.4 is 0 Å². The van der Waals surface area contributed by atoms with Crippen molar-refractivity contribution in [2.24, 2.45) is 0 Å². The predicted molar refractivity (Wildman–Crippen MR) is 51.3 cm³/mol. The summed E-state index contributed by atoms with van der Waals surface area (Å²) in [6.07, 6.45) is 1.44. The molecule has 1 N–H and O–H groups in total.